The molecular formula is C17H26O2. The van der Waals surface area contributed by atoms with Crippen molar-refractivity contribution < 1.29 is 9.53 Å². The molecular weight excluding hydrogens is 236 g/mol. The standard InChI is InChI=1S/C17H26O2/c1-6-19-17(18)13-16(5)12-8-11-15(4)10-7-9-14(2)3/h8-9,11-13H,6-7,10H2,1-5H3. The molecule has 0 saturated carbocycles. The van der Waals surface area contributed by atoms with Crippen molar-refractivity contribution in [2.75, 3.05) is 6.61 Å². The van der Waals surface area contributed by atoms with E-state index >= 15 is 0 Å². The molecule has 0 heterocycles. The van der Waals surface area contributed by atoms with E-state index in [9.17, 15) is 4.79 Å². The first kappa shape index (κ1) is 17.4. The van der Waals surface area contributed by atoms with Crippen LogP contribution in [0.5, 0.6) is 0 Å². The van der Waals surface area contributed by atoms with Crippen LogP contribution in [0.4, 0.5) is 0 Å². The van der Waals surface area contributed by atoms with Crippen LogP contribution in [-0.4, -0.2) is 12.6 Å². The Morgan fingerprint density at radius 1 is 1.16 bits per heavy atom. The van der Waals surface area contributed by atoms with Crippen molar-refractivity contribution in [1.29, 1.82) is 0 Å². The second-order valence-corrected chi connectivity index (χ2v) is 4.83. The normalized spacial score (nSPS) is 12.7. The van der Waals surface area contributed by atoms with Crippen LogP contribution in [0.2, 0.25) is 0 Å². The molecule has 2 heteroatoms. The molecule has 0 amide bonds. The van der Waals surface area contributed by atoms with Crippen molar-refractivity contribution in [3.63, 3.8) is 0 Å². The number of hydrogen-bond donors (Lipinski definition) is 0. The lowest BCUT2D eigenvalue weighted by atomic mass is 10.1. The Morgan fingerprint density at radius 2 is 1.84 bits per heavy atom. The van der Waals surface area contributed by atoms with Gasteiger partial charge in [0.05, 0.1) is 6.61 Å². The highest BCUT2D eigenvalue weighted by Crippen LogP contribution is 2.07. The number of rotatable bonds is 7. The van der Waals surface area contributed by atoms with Crippen molar-refractivity contribution in [1.82, 2.24) is 0 Å². The van der Waals surface area contributed by atoms with E-state index in [1.54, 1.807) is 6.92 Å². The number of carbonyl (C=O) groups is 1. The Labute approximate surface area is 117 Å². The Hall–Kier alpha value is -1.57. The van der Waals surface area contributed by atoms with Crippen molar-refractivity contribution in [3.8, 4) is 0 Å². The summed E-state index contributed by atoms with van der Waals surface area (Å²) in [5.41, 5.74) is 3.58. The third-order valence-corrected chi connectivity index (χ3v) is 2.46. The molecule has 0 aromatic heterocycles. The van der Waals surface area contributed by atoms with Crippen molar-refractivity contribution >= 4 is 5.97 Å². The van der Waals surface area contributed by atoms with Crippen LogP contribution < -0.4 is 0 Å². The summed E-state index contributed by atoms with van der Waals surface area (Å²) in [6.07, 6.45) is 11.9. The summed E-state index contributed by atoms with van der Waals surface area (Å²) < 4.78 is 4.84. The van der Waals surface area contributed by atoms with Crippen LogP contribution in [0, 0.1) is 0 Å². The molecule has 0 unspecified atom stereocenters. The van der Waals surface area contributed by atoms with E-state index in [1.807, 2.05) is 19.1 Å². The number of allylic oxidation sites excluding steroid dienone is 7. The van der Waals surface area contributed by atoms with Crippen molar-refractivity contribution in [2.45, 2.75) is 47.5 Å². The van der Waals surface area contributed by atoms with Crippen molar-refractivity contribution in [2.24, 2.45) is 0 Å². The lowest BCUT2D eigenvalue weighted by molar-refractivity contribution is -0.137. The van der Waals surface area contributed by atoms with E-state index in [2.05, 4.69) is 32.9 Å². The maximum Gasteiger partial charge on any atom is 0.330 e. The molecule has 0 spiro atoms. The van der Waals surface area contributed by atoms with Gasteiger partial charge in [-0.2, -0.15) is 0 Å². The fraction of sp³-hybridized carbons (Fsp3) is 0.471. The molecule has 19 heavy (non-hydrogen) atoms. The largest absolute Gasteiger partial charge is 0.463 e. The predicted molar refractivity (Wildman–Crippen MR) is 82.0 cm³/mol. The quantitative estimate of drug-likeness (QED) is 0.286. The van der Waals surface area contributed by atoms with E-state index in [0.717, 1.165) is 18.4 Å². The molecule has 0 fully saturated rings. The molecule has 2 nitrogen and oxygen atoms in total. The molecule has 0 aromatic rings. The molecule has 0 rings (SSSR count). The summed E-state index contributed by atoms with van der Waals surface area (Å²) in [5.74, 6) is -0.283. The summed E-state index contributed by atoms with van der Waals surface area (Å²) >= 11 is 0. The zero-order chi connectivity index (χ0) is 14.7. The molecule has 0 bridgehead atoms. The zero-order valence-electron chi connectivity index (χ0n) is 12.8. The Balaban J connectivity index is 4.25. The fourth-order valence-electron chi connectivity index (χ4n) is 1.45. The van der Waals surface area contributed by atoms with Crippen LogP contribution in [0.1, 0.15) is 47.5 Å². The second-order valence-electron chi connectivity index (χ2n) is 4.83. The van der Waals surface area contributed by atoms with Gasteiger partial charge in [-0.1, -0.05) is 35.5 Å². The fourth-order valence-corrected chi connectivity index (χ4v) is 1.45. The van der Waals surface area contributed by atoms with Crippen LogP contribution >= 0.6 is 0 Å². The zero-order valence-corrected chi connectivity index (χ0v) is 12.8. The number of hydrogen-bond acceptors (Lipinski definition) is 2. The molecule has 0 N–H and O–H groups in total. The first-order chi connectivity index (χ1) is 8.95. The lowest BCUT2D eigenvalue weighted by Crippen LogP contribution is -1.99. The predicted octanol–water partition coefficient (Wildman–Crippen LogP) is 4.74. The van der Waals surface area contributed by atoms with Crippen LogP contribution in [0.15, 0.2) is 47.1 Å². The maximum absolute atomic E-state index is 11.2. The second kappa shape index (κ2) is 10.4. The minimum atomic E-state index is -0.283. The summed E-state index contributed by atoms with van der Waals surface area (Å²) in [6, 6.07) is 0. The molecule has 0 aliphatic heterocycles. The average molecular weight is 262 g/mol. The van der Waals surface area contributed by atoms with Crippen molar-refractivity contribution in [3.05, 3.63) is 47.1 Å². The van der Waals surface area contributed by atoms with Gasteiger partial charge in [-0.15, -0.1) is 0 Å². The van der Waals surface area contributed by atoms with Crippen LogP contribution in [0.3, 0.4) is 0 Å². The number of ether oxygens (including phenoxy) is 1. The van der Waals surface area contributed by atoms with Gasteiger partial charge in [0.25, 0.3) is 0 Å². The first-order valence-corrected chi connectivity index (χ1v) is 6.78. The van der Waals surface area contributed by atoms with Gasteiger partial charge in [-0.05, 0) is 53.0 Å². The number of esters is 1. The van der Waals surface area contributed by atoms with E-state index < -0.39 is 0 Å². The topological polar surface area (TPSA) is 26.3 Å². The first-order valence-electron chi connectivity index (χ1n) is 6.78. The molecule has 0 atom stereocenters. The SMILES string of the molecule is CCOC(=O)C=C(C)C=CC=C(C)CCC=C(C)C. The van der Waals surface area contributed by atoms with Gasteiger partial charge >= 0.3 is 5.97 Å². The van der Waals surface area contributed by atoms with Crippen LogP contribution in [-0.2, 0) is 9.53 Å². The van der Waals surface area contributed by atoms with Gasteiger partial charge in [0.15, 0.2) is 0 Å². The summed E-state index contributed by atoms with van der Waals surface area (Å²) in [7, 11) is 0. The molecule has 0 radical (unpaired) electrons. The van der Waals surface area contributed by atoms with Gasteiger partial charge in [-0.25, -0.2) is 4.79 Å². The monoisotopic (exact) mass is 262 g/mol. The molecule has 0 aliphatic carbocycles. The van der Waals surface area contributed by atoms with E-state index in [0.29, 0.717) is 6.61 Å². The minimum absolute atomic E-state index is 0.283. The van der Waals surface area contributed by atoms with Gasteiger partial charge < -0.3 is 4.74 Å². The minimum Gasteiger partial charge on any atom is -0.463 e. The van der Waals surface area contributed by atoms with E-state index in [1.165, 1.54) is 17.2 Å². The smallest absolute Gasteiger partial charge is 0.330 e. The molecule has 0 saturated heterocycles. The third-order valence-electron chi connectivity index (χ3n) is 2.46. The maximum atomic E-state index is 11.2. The Kier molecular flexibility index (Phi) is 9.51. The van der Waals surface area contributed by atoms with Gasteiger partial charge in [0.2, 0.25) is 0 Å². The third kappa shape index (κ3) is 11.3. The van der Waals surface area contributed by atoms with E-state index in [4.69, 9.17) is 4.74 Å². The van der Waals surface area contributed by atoms with Gasteiger partial charge in [0.1, 0.15) is 0 Å². The Bertz CT molecular complexity index is 391. The average Bonchev–Trinajstić information content (AvgIpc) is 2.28. The molecule has 0 aliphatic rings. The highest BCUT2D eigenvalue weighted by molar-refractivity contribution is 5.83. The summed E-state index contributed by atoms with van der Waals surface area (Å²) in [6.45, 7) is 10.4. The highest BCUT2D eigenvalue weighted by atomic mass is 16.5. The van der Waals surface area contributed by atoms with E-state index in [-0.39, 0.29) is 5.97 Å². The van der Waals surface area contributed by atoms with Crippen LogP contribution in [0.25, 0.3) is 0 Å². The number of carbonyl (C=O) groups excluding carboxylic acids is 1. The lowest BCUT2D eigenvalue weighted by Gasteiger charge is -1.97. The summed E-state index contributed by atoms with van der Waals surface area (Å²) in [4.78, 5) is 11.2. The highest BCUT2D eigenvalue weighted by Gasteiger charge is 1.94. The van der Waals surface area contributed by atoms with Gasteiger partial charge in [0, 0.05) is 6.08 Å². The molecule has 0 aromatic carbocycles. The Morgan fingerprint density at radius 3 is 2.42 bits per heavy atom. The van der Waals surface area contributed by atoms with Gasteiger partial charge in [-0.3, -0.25) is 0 Å². The summed E-state index contributed by atoms with van der Waals surface area (Å²) in [5, 5.41) is 0. The molecule has 106 valence electrons.